The van der Waals surface area contributed by atoms with Crippen molar-refractivity contribution < 1.29 is 4.42 Å². The van der Waals surface area contributed by atoms with Crippen LogP contribution in [0, 0.1) is 0 Å². The van der Waals surface area contributed by atoms with Crippen LogP contribution >= 0.6 is 0 Å². The fourth-order valence-electron chi connectivity index (χ4n) is 10.2. The van der Waals surface area contributed by atoms with Gasteiger partial charge in [0.25, 0.3) is 0 Å². The lowest BCUT2D eigenvalue weighted by atomic mass is 9.67. The van der Waals surface area contributed by atoms with Crippen molar-refractivity contribution in [2.75, 3.05) is 0 Å². The van der Waals surface area contributed by atoms with E-state index in [2.05, 4.69) is 180 Å². The summed E-state index contributed by atoms with van der Waals surface area (Å²) >= 11 is 0. The number of rotatable bonds is 7. The molecule has 0 spiro atoms. The molecular formula is C59H37N5O. The third-order valence-electron chi connectivity index (χ3n) is 13.0. The topological polar surface area (TPSA) is 69.6 Å². The quantitative estimate of drug-likeness (QED) is 0.160. The smallest absolute Gasteiger partial charge is 0.164 e. The van der Waals surface area contributed by atoms with Crippen LogP contribution in [0.5, 0.6) is 0 Å². The maximum Gasteiger partial charge on any atom is 0.164 e. The maximum absolute atomic E-state index is 6.62. The number of benzene rings is 9. The lowest BCUT2D eigenvalue weighted by molar-refractivity contribution is 0.669. The Hall–Kier alpha value is -8.74. The maximum atomic E-state index is 6.62. The minimum Gasteiger partial charge on any atom is -0.456 e. The zero-order valence-corrected chi connectivity index (χ0v) is 35.0. The number of fused-ring (bicyclic) bond motifs is 7. The molecule has 0 atom stereocenters. The number of furan rings is 1. The van der Waals surface area contributed by atoms with E-state index in [1.165, 1.54) is 22.3 Å². The summed E-state index contributed by atoms with van der Waals surface area (Å²) < 4.78 is 8.84. The van der Waals surface area contributed by atoms with E-state index in [1.54, 1.807) is 0 Å². The molecule has 0 saturated heterocycles. The van der Waals surface area contributed by atoms with E-state index in [1.807, 2.05) is 48.5 Å². The molecule has 0 saturated carbocycles. The number of nitrogens with zero attached hydrogens (tertiary/aromatic N) is 5. The fraction of sp³-hybridized carbons (Fsp3) is 0.0169. The molecule has 6 nitrogen and oxygen atoms in total. The normalized spacial score (nSPS) is 12.7. The highest BCUT2D eigenvalue weighted by Crippen LogP contribution is 2.58. The van der Waals surface area contributed by atoms with Crippen LogP contribution in [-0.2, 0) is 5.41 Å². The molecule has 304 valence electrons. The molecule has 0 aliphatic heterocycles. The van der Waals surface area contributed by atoms with Gasteiger partial charge in [0, 0.05) is 38.7 Å². The van der Waals surface area contributed by atoms with E-state index in [0.29, 0.717) is 17.5 Å². The van der Waals surface area contributed by atoms with Crippen LogP contribution in [0.3, 0.4) is 0 Å². The summed E-state index contributed by atoms with van der Waals surface area (Å²) in [5.74, 6) is 2.60. The molecule has 0 fully saturated rings. The van der Waals surface area contributed by atoms with Gasteiger partial charge in [0.1, 0.15) is 17.0 Å². The van der Waals surface area contributed by atoms with Gasteiger partial charge >= 0.3 is 0 Å². The van der Waals surface area contributed by atoms with Crippen LogP contribution < -0.4 is 0 Å². The Morgan fingerprint density at radius 1 is 0.400 bits per heavy atom. The third-order valence-corrected chi connectivity index (χ3v) is 13.0. The summed E-state index contributed by atoms with van der Waals surface area (Å²) in [5, 5.41) is 1.88. The van der Waals surface area contributed by atoms with E-state index in [0.717, 1.165) is 77.9 Å². The number of hydrogen-bond donors (Lipinski definition) is 0. The van der Waals surface area contributed by atoms with Gasteiger partial charge in [0.2, 0.25) is 0 Å². The van der Waals surface area contributed by atoms with Gasteiger partial charge in [-0.2, -0.15) is 0 Å². The van der Waals surface area contributed by atoms with E-state index >= 15 is 0 Å². The molecule has 0 bridgehead atoms. The van der Waals surface area contributed by atoms with Gasteiger partial charge in [-0.25, -0.2) is 19.9 Å². The van der Waals surface area contributed by atoms with Crippen LogP contribution in [0.4, 0.5) is 0 Å². The third kappa shape index (κ3) is 5.67. The minimum absolute atomic E-state index is 0.561. The molecule has 9 aromatic carbocycles. The molecule has 3 aromatic heterocycles. The first-order chi connectivity index (χ1) is 32.2. The van der Waals surface area contributed by atoms with Crippen molar-refractivity contribution in [3.05, 3.63) is 247 Å². The number of para-hydroxylation sites is 3. The summed E-state index contributed by atoms with van der Waals surface area (Å²) in [6.45, 7) is 0. The van der Waals surface area contributed by atoms with Gasteiger partial charge in [0.15, 0.2) is 17.5 Å². The van der Waals surface area contributed by atoms with Crippen molar-refractivity contribution >= 4 is 33.0 Å². The average Bonchev–Trinajstić information content (AvgIpc) is 4.06. The van der Waals surface area contributed by atoms with Gasteiger partial charge in [-0.15, -0.1) is 0 Å². The molecule has 65 heavy (non-hydrogen) atoms. The van der Waals surface area contributed by atoms with Crippen LogP contribution in [-0.4, -0.2) is 24.5 Å². The number of imidazole rings is 1. The Bertz CT molecular complexity index is 3730. The Labute approximate surface area is 374 Å². The fourth-order valence-corrected chi connectivity index (χ4v) is 10.2. The SMILES string of the molecule is c1ccc(-c2nc(-c3cccc4c3-c3ccccc3C4(c3ccccc3)c3ccccc3)nc(-c3cccc4oc5ccc(-c6nc7ccccc7n6-c6ccccc6)cc5c34)n2)cc1. The Balaban J connectivity index is 1.05. The highest BCUT2D eigenvalue weighted by Gasteiger charge is 2.47. The highest BCUT2D eigenvalue weighted by molar-refractivity contribution is 6.13. The minimum atomic E-state index is -0.567. The predicted octanol–water partition coefficient (Wildman–Crippen LogP) is 14.1. The predicted molar refractivity (Wildman–Crippen MR) is 261 cm³/mol. The highest BCUT2D eigenvalue weighted by atomic mass is 16.3. The van der Waals surface area contributed by atoms with Crippen molar-refractivity contribution in [2.24, 2.45) is 0 Å². The van der Waals surface area contributed by atoms with Crippen LogP contribution in [0.1, 0.15) is 22.3 Å². The van der Waals surface area contributed by atoms with E-state index in [9.17, 15) is 0 Å². The van der Waals surface area contributed by atoms with Crippen molar-refractivity contribution in [3.8, 4) is 62.4 Å². The summed E-state index contributed by atoms with van der Waals surface area (Å²) in [6, 6.07) is 78.4. The van der Waals surface area contributed by atoms with Gasteiger partial charge in [-0.1, -0.05) is 176 Å². The molecule has 0 radical (unpaired) electrons. The molecule has 0 amide bonds. The summed E-state index contributed by atoms with van der Waals surface area (Å²) in [7, 11) is 0. The lowest BCUT2D eigenvalue weighted by Gasteiger charge is -2.33. The van der Waals surface area contributed by atoms with Crippen LogP contribution in [0.2, 0.25) is 0 Å². The largest absolute Gasteiger partial charge is 0.456 e. The van der Waals surface area contributed by atoms with Crippen molar-refractivity contribution in [2.45, 2.75) is 5.41 Å². The molecular weight excluding hydrogens is 795 g/mol. The molecule has 12 aromatic rings. The zero-order valence-electron chi connectivity index (χ0n) is 35.0. The second-order valence-electron chi connectivity index (χ2n) is 16.5. The lowest BCUT2D eigenvalue weighted by Crippen LogP contribution is -2.28. The zero-order chi connectivity index (χ0) is 42.9. The first-order valence-corrected chi connectivity index (χ1v) is 21.9. The molecule has 6 heteroatoms. The van der Waals surface area contributed by atoms with Crippen LogP contribution in [0.15, 0.2) is 229 Å². The van der Waals surface area contributed by atoms with Crippen molar-refractivity contribution in [1.82, 2.24) is 24.5 Å². The van der Waals surface area contributed by atoms with Crippen LogP contribution in [0.25, 0.3) is 95.3 Å². The van der Waals surface area contributed by atoms with Gasteiger partial charge in [-0.05, 0) is 81.9 Å². The summed E-state index contributed by atoms with van der Waals surface area (Å²) in [6.07, 6.45) is 0. The molecule has 1 aliphatic carbocycles. The second-order valence-corrected chi connectivity index (χ2v) is 16.5. The van der Waals surface area contributed by atoms with Crippen molar-refractivity contribution in [1.29, 1.82) is 0 Å². The van der Waals surface area contributed by atoms with E-state index in [-0.39, 0.29) is 0 Å². The molecule has 0 unspecified atom stereocenters. The molecule has 13 rings (SSSR count). The standard InChI is InChI=1S/C59H37N5O/c1-5-19-38(20-6-1)55-61-56(44-28-17-31-48-53(44)43-27-13-14-30-47(43)59(48,40-21-7-2-8-22-40)41-23-9-3-10-24-41)63-57(62-55)45-29-18-34-52-54(45)46-37-39(35-36-51(46)65-52)58-60-49-32-15-16-33-50(49)64(58)42-25-11-4-12-26-42/h1-37H. The van der Waals surface area contributed by atoms with E-state index in [4.69, 9.17) is 24.4 Å². The van der Waals surface area contributed by atoms with Gasteiger partial charge < -0.3 is 4.42 Å². The van der Waals surface area contributed by atoms with Gasteiger partial charge in [-0.3, -0.25) is 4.57 Å². The summed E-state index contributed by atoms with van der Waals surface area (Å²) in [5.41, 5.74) is 14.7. The Morgan fingerprint density at radius 3 is 1.75 bits per heavy atom. The van der Waals surface area contributed by atoms with Gasteiger partial charge in [0.05, 0.1) is 16.4 Å². The monoisotopic (exact) mass is 831 g/mol. The van der Waals surface area contributed by atoms with E-state index < -0.39 is 5.41 Å². The molecule has 0 N–H and O–H groups in total. The first kappa shape index (κ1) is 36.9. The number of aromatic nitrogens is 5. The summed E-state index contributed by atoms with van der Waals surface area (Å²) in [4.78, 5) is 21.3. The van der Waals surface area contributed by atoms with Crippen molar-refractivity contribution in [3.63, 3.8) is 0 Å². The Kier molecular flexibility index (Phi) is 8.33. The average molecular weight is 832 g/mol. The first-order valence-electron chi connectivity index (χ1n) is 21.9. The second kappa shape index (κ2) is 14.7. The molecule has 1 aliphatic rings. The molecule has 3 heterocycles. The Morgan fingerprint density at radius 2 is 0.985 bits per heavy atom. The number of hydrogen-bond acceptors (Lipinski definition) is 5.